The Balaban J connectivity index is 1.49. The fraction of sp³-hybridized carbons (Fsp3) is 0.545. The molecule has 0 radical (unpaired) electrons. The quantitative estimate of drug-likeness (QED) is 0.818. The van der Waals surface area contributed by atoms with Crippen LogP contribution in [-0.4, -0.2) is 51.9 Å². The standard InChI is InChI=1S/C22H27N5O/c28-21(17-5-6-17)27-13-3-4-18(15-27)20-19(16-7-9-23-10-8-16)14-24-22(25-20)26-11-1-2-12-26/h7-10,14,17-18H,1-6,11-13,15H2/t18-/m1/s1. The van der Waals surface area contributed by atoms with Gasteiger partial charge in [-0.2, -0.15) is 0 Å². The number of aromatic nitrogens is 3. The van der Waals surface area contributed by atoms with Crippen molar-refractivity contribution in [3.63, 3.8) is 0 Å². The highest BCUT2D eigenvalue weighted by atomic mass is 16.2. The number of pyridine rings is 1. The number of anilines is 1. The summed E-state index contributed by atoms with van der Waals surface area (Å²) in [7, 11) is 0. The van der Waals surface area contributed by atoms with Gasteiger partial charge in [-0.05, 0) is 56.2 Å². The summed E-state index contributed by atoms with van der Waals surface area (Å²) in [6.07, 6.45) is 12.3. The summed E-state index contributed by atoms with van der Waals surface area (Å²) in [5, 5.41) is 0. The Bertz CT molecular complexity index is 845. The zero-order chi connectivity index (χ0) is 18.9. The van der Waals surface area contributed by atoms with Crippen LogP contribution in [0.2, 0.25) is 0 Å². The van der Waals surface area contributed by atoms with E-state index in [1.807, 2.05) is 30.7 Å². The molecule has 3 aliphatic rings. The first-order chi connectivity index (χ1) is 13.8. The Hall–Kier alpha value is -2.50. The van der Waals surface area contributed by atoms with Crippen LogP contribution in [0.25, 0.3) is 11.1 Å². The number of carbonyl (C=O) groups is 1. The Kier molecular flexibility index (Phi) is 4.71. The van der Waals surface area contributed by atoms with E-state index in [0.29, 0.717) is 5.91 Å². The molecule has 0 bridgehead atoms. The number of hydrogen-bond donors (Lipinski definition) is 0. The zero-order valence-corrected chi connectivity index (χ0v) is 16.3. The van der Waals surface area contributed by atoms with Gasteiger partial charge in [0.2, 0.25) is 11.9 Å². The van der Waals surface area contributed by atoms with Crippen molar-refractivity contribution in [2.75, 3.05) is 31.1 Å². The third-order valence-corrected chi connectivity index (χ3v) is 6.23. The van der Waals surface area contributed by atoms with E-state index in [1.54, 1.807) is 0 Å². The highest BCUT2D eigenvalue weighted by Crippen LogP contribution is 2.37. The second-order valence-electron chi connectivity index (χ2n) is 8.30. The maximum absolute atomic E-state index is 12.6. The molecule has 1 amide bonds. The van der Waals surface area contributed by atoms with Crippen molar-refractivity contribution in [1.82, 2.24) is 19.9 Å². The summed E-state index contributed by atoms with van der Waals surface area (Å²) in [4.78, 5) is 30.9. The fourth-order valence-electron chi connectivity index (χ4n) is 4.51. The van der Waals surface area contributed by atoms with E-state index in [4.69, 9.17) is 9.97 Å². The molecule has 3 fully saturated rings. The molecule has 0 unspecified atom stereocenters. The van der Waals surface area contributed by atoms with Crippen molar-refractivity contribution in [3.05, 3.63) is 36.4 Å². The molecule has 6 heteroatoms. The van der Waals surface area contributed by atoms with E-state index >= 15 is 0 Å². The van der Waals surface area contributed by atoms with Gasteiger partial charge in [0, 0.05) is 62.2 Å². The topological polar surface area (TPSA) is 62.2 Å². The first-order valence-electron chi connectivity index (χ1n) is 10.6. The number of piperidine rings is 1. The third-order valence-electron chi connectivity index (χ3n) is 6.23. The Morgan fingerprint density at radius 1 is 1.00 bits per heavy atom. The van der Waals surface area contributed by atoms with E-state index < -0.39 is 0 Å². The van der Waals surface area contributed by atoms with E-state index in [2.05, 4.69) is 14.8 Å². The molecular formula is C22H27N5O. The van der Waals surface area contributed by atoms with Gasteiger partial charge >= 0.3 is 0 Å². The largest absolute Gasteiger partial charge is 0.342 e. The molecule has 0 spiro atoms. The van der Waals surface area contributed by atoms with Crippen LogP contribution in [0.4, 0.5) is 5.95 Å². The number of nitrogens with zero attached hydrogens (tertiary/aromatic N) is 5. The van der Waals surface area contributed by atoms with Crippen molar-refractivity contribution in [2.45, 2.75) is 44.4 Å². The lowest BCUT2D eigenvalue weighted by molar-refractivity contribution is -0.133. The molecular weight excluding hydrogens is 350 g/mol. The minimum Gasteiger partial charge on any atom is -0.342 e. The van der Waals surface area contributed by atoms with Crippen LogP contribution in [0, 0.1) is 5.92 Å². The minimum absolute atomic E-state index is 0.268. The second kappa shape index (κ2) is 7.49. The predicted octanol–water partition coefficient (Wildman–Crippen LogP) is 3.25. The van der Waals surface area contributed by atoms with Gasteiger partial charge in [0.15, 0.2) is 0 Å². The van der Waals surface area contributed by atoms with Gasteiger partial charge < -0.3 is 9.80 Å². The lowest BCUT2D eigenvalue weighted by Crippen LogP contribution is -2.40. The Morgan fingerprint density at radius 2 is 1.79 bits per heavy atom. The maximum atomic E-state index is 12.6. The average molecular weight is 377 g/mol. The summed E-state index contributed by atoms with van der Waals surface area (Å²) in [5.41, 5.74) is 3.27. The Morgan fingerprint density at radius 3 is 2.54 bits per heavy atom. The van der Waals surface area contributed by atoms with Crippen LogP contribution in [-0.2, 0) is 4.79 Å². The molecule has 0 aromatic carbocycles. The fourth-order valence-corrected chi connectivity index (χ4v) is 4.51. The number of likely N-dealkylation sites (tertiary alicyclic amines) is 1. The van der Waals surface area contributed by atoms with Gasteiger partial charge in [0.1, 0.15) is 0 Å². The molecule has 5 rings (SSSR count). The first kappa shape index (κ1) is 17.6. The average Bonchev–Trinajstić information content (AvgIpc) is 3.47. The van der Waals surface area contributed by atoms with Crippen LogP contribution in [0.1, 0.15) is 50.1 Å². The number of amides is 1. The zero-order valence-electron chi connectivity index (χ0n) is 16.3. The maximum Gasteiger partial charge on any atom is 0.225 e. The molecule has 146 valence electrons. The molecule has 2 aliphatic heterocycles. The Labute approximate surface area is 166 Å². The predicted molar refractivity (Wildman–Crippen MR) is 108 cm³/mol. The SMILES string of the molecule is O=C(C1CC1)N1CCC[C@@H](c2nc(N3CCCC3)ncc2-c2ccncc2)C1. The van der Waals surface area contributed by atoms with E-state index in [-0.39, 0.29) is 11.8 Å². The number of carbonyl (C=O) groups excluding carboxylic acids is 1. The van der Waals surface area contributed by atoms with Crippen LogP contribution < -0.4 is 4.90 Å². The molecule has 1 atom stereocenters. The summed E-state index contributed by atoms with van der Waals surface area (Å²) in [5.74, 6) is 1.74. The van der Waals surface area contributed by atoms with E-state index in [1.165, 1.54) is 12.8 Å². The van der Waals surface area contributed by atoms with Gasteiger partial charge in [-0.15, -0.1) is 0 Å². The molecule has 2 saturated heterocycles. The molecule has 6 nitrogen and oxygen atoms in total. The minimum atomic E-state index is 0.268. The molecule has 1 aliphatic carbocycles. The van der Waals surface area contributed by atoms with Gasteiger partial charge in [0.25, 0.3) is 0 Å². The van der Waals surface area contributed by atoms with Gasteiger partial charge in [-0.1, -0.05) is 0 Å². The molecule has 28 heavy (non-hydrogen) atoms. The van der Waals surface area contributed by atoms with Gasteiger partial charge in [-0.3, -0.25) is 9.78 Å². The number of rotatable bonds is 4. The van der Waals surface area contributed by atoms with Crippen LogP contribution in [0.5, 0.6) is 0 Å². The van der Waals surface area contributed by atoms with Crippen molar-refractivity contribution < 1.29 is 4.79 Å². The lowest BCUT2D eigenvalue weighted by atomic mass is 9.90. The molecule has 4 heterocycles. The smallest absolute Gasteiger partial charge is 0.225 e. The summed E-state index contributed by atoms with van der Waals surface area (Å²) < 4.78 is 0. The van der Waals surface area contributed by atoms with Crippen molar-refractivity contribution in [1.29, 1.82) is 0 Å². The van der Waals surface area contributed by atoms with Crippen LogP contribution >= 0.6 is 0 Å². The van der Waals surface area contributed by atoms with Crippen LogP contribution in [0.3, 0.4) is 0 Å². The molecule has 1 saturated carbocycles. The lowest BCUT2D eigenvalue weighted by Gasteiger charge is -2.33. The van der Waals surface area contributed by atoms with Gasteiger partial charge in [0.05, 0.1) is 5.69 Å². The summed E-state index contributed by atoms with van der Waals surface area (Å²) >= 11 is 0. The second-order valence-corrected chi connectivity index (χ2v) is 8.30. The van der Waals surface area contributed by atoms with E-state index in [0.717, 1.165) is 74.6 Å². The summed E-state index contributed by atoms with van der Waals surface area (Å²) in [6.45, 7) is 3.74. The molecule has 0 N–H and O–H groups in total. The first-order valence-corrected chi connectivity index (χ1v) is 10.6. The van der Waals surface area contributed by atoms with Crippen molar-refractivity contribution >= 4 is 11.9 Å². The normalized spacial score (nSPS) is 22.5. The van der Waals surface area contributed by atoms with Crippen LogP contribution in [0.15, 0.2) is 30.7 Å². The van der Waals surface area contributed by atoms with Crippen molar-refractivity contribution in [2.24, 2.45) is 5.92 Å². The third kappa shape index (κ3) is 3.48. The monoisotopic (exact) mass is 377 g/mol. The summed E-state index contributed by atoms with van der Waals surface area (Å²) in [6, 6.07) is 4.04. The number of hydrogen-bond acceptors (Lipinski definition) is 5. The molecule has 2 aromatic rings. The highest BCUT2D eigenvalue weighted by molar-refractivity contribution is 5.81. The van der Waals surface area contributed by atoms with Gasteiger partial charge in [-0.25, -0.2) is 9.97 Å². The van der Waals surface area contributed by atoms with Crippen molar-refractivity contribution in [3.8, 4) is 11.1 Å². The molecule has 2 aromatic heterocycles. The highest BCUT2D eigenvalue weighted by Gasteiger charge is 2.36. The van der Waals surface area contributed by atoms with E-state index in [9.17, 15) is 4.79 Å².